The van der Waals surface area contributed by atoms with Crippen LogP contribution in [-0.2, 0) is 12.8 Å². The lowest BCUT2D eigenvalue weighted by Crippen LogP contribution is -2.02. The van der Waals surface area contributed by atoms with E-state index >= 15 is 0 Å². The van der Waals surface area contributed by atoms with Crippen molar-refractivity contribution in [2.45, 2.75) is 151 Å². The van der Waals surface area contributed by atoms with Gasteiger partial charge in [-0.1, -0.05) is 136 Å². The predicted octanol–water partition coefficient (Wildman–Crippen LogP) is 13.8. The molecule has 1 N–H and O–H groups in total. The number of phenolic OH excluding ortho intramolecular Hbond substituents is 1. The minimum atomic E-state index is 0.211. The summed E-state index contributed by atoms with van der Waals surface area (Å²) in [6.45, 7) is 16.6. The van der Waals surface area contributed by atoms with Crippen molar-refractivity contribution in [2.75, 3.05) is 6.61 Å². The maximum Gasteiger partial charge on any atom is 0.167 e. The predicted molar refractivity (Wildman–Crippen MR) is 225 cm³/mol. The molecule has 0 aliphatic carbocycles. The lowest BCUT2D eigenvalue weighted by Gasteiger charge is -2.13. The molecule has 0 unspecified atom stereocenters. The van der Waals surface area contributed by atoms with Gasteiger partial charge in [-0.25, -0.2) is 15.0 Å². The van der Waals surface area contributed by atoms with Gasteiger partial charge in [0.05, 0.1) is 12.2 Å². The van der Waals surface area contributed by atoms with Crippen LogP contribution >= 0.6 is 0 Å². The maximum absolute atomic E-state index is 11.3. The Balaban J connectivity index is 1.53. The van der Waals surface area contributed by atoms with Crippen LogP contribution < -0.4 is 4.74 Å². The van der Waals surface area contributed by atoms with Gasteiger partial charge in [0.15, 0.2) is 17.5 Å². The Labute approximate surface area is 322 Å². The number of phenols is 1. The molecule has 0 atom stereocenters. The summed E-state index contributed by atoms with van der Waals surface area (Å²) in [4.78, 5) is 14.9. The number of aromatic nitrogens is 3. The Hall–Kier alpha value is -3.73. The Morgan fingerprint density at radius 3 is 1.51 bits per heavy atom. The van der Waals surface area contributed by atoms with Crippen LogP contribution in [-0.4, -0.2) is 26.7 Å². The molecule has 4 aromatic rings. The topological polar surface area (TPSA) is 68.1 Å². The van der Waals surface area contributed by atoms with Gasteiger partial charge in [0.1, 0.15) is 11.5 Å². The molecular weight excluding hydrogens is 651 g/mol. The highest BCUT2D eigenvalue weighted by Gasteiger charge is 2.17. The molecule has 0 aliphatic rings. The molecule has 0 saturated heterocycles. The highest BCUT2D eigenvalue weighted by molar-refractivity contribution is 5.71. The molecule has 5 heteroatoms. The van der Waals surface area contributed by atoms with Gasteiger partial charge in [0, 0.05) is 11.1 Å². The molecule has 5 nitrogen and oxygen atoms in total. The fourth-order valence-electron chi connectivity index (χ4n) is 6.99. The molecule has 0 radical (unpaired) electrons. The van der Waals surface area contributed by atoms with Crippen molar-refractivity contribution in [1.29, 1.82) is 0 Å². The molecule has 288 valence electrons. The van der Waals surface area contributed by atoms with E-state index in [4.69, 9.17) is 19.7 Å². The molecule has 0 spiro atoms. The van der Waals surface area contributed by atoms with E-state index in [0.29, 0.717) is 23.0 Å². The van der Waals surface area contributed by atoms with Crippen LogP contribution in [0.1, 0.15) is 148 Å². The maximum atomic E-state index is 11.3. The van der Waals surface area contributed by atoms with Crippen LogP contribution in [0.15, 0.2) is 60.7 Å². The monoisotopic (exact) mass is 720 g/mol. The van der Waals surface area contributed by atoms with Gasteiger partial charge in [-0.15, -0.1) is 0 Å². The zero-order chi connectivity index (χ0) is 38.0. The van der Waals surface area contributed by atoms with Gasteiger partial charge in [-0.3, -0.25) is 0 Å². The number of aryl methyl sites for hydroxylation is 3. The average Bonchev–Trinajstić information content (AvgIpc) is 3.12. The summed E-state index contributed by atoms with van der Waals surface area (Å²) in [6, 6.07) is 20.7. The van der Waals surface area contributed by atoms with E-state index in [1.54, 1.807) is 0 Å². The van der Waals surface area contributed by atoms with Gasteiger partial charge in [0.25, 0.3) is 0 Å². The van der Waals surface area contributed by atoms with Gasteiger partial charge in [-0.2, -0.15) is 0 Å². The first-order valence-corrected chi connectivity index (χ1v) is 21.0. The number of nitrogens with zero attached hydrogens (tertiary/aromatic N) is 3. The van der Waals surface area contributed by atoms with Gasteiger partial charge < -0.3 is 9.84 Å². The molecule has 0 aliphatic heterocycles. The highest BCUT2D eigenvalue weighted by Crippen LogP contribution is 2.33. The van der Waals surface area contributed by atoms with E-state index in [9.17, 15) is 5.11 Å². The van der Waals surface area contributed by atoms with Gasteiger partial charge in [0.2, 0.25) is 0 Å². The fraction of sp³-hybridized carbons (Fsp3) is 0.562. The standard InChI is InChI=1S/C48H69N3O2/c1-35(2)19-13-8-10-16-22-39-24-30-43(38(7)33-39)47-49-46(41-26-28-42(29-27-41)53-32-18-12-15-21-37(5)6)50-48(51-47)44-31-25-40(34-45(44)52)23-17-11-9-14-20-36(3)4/h24-31,33-37,52H,8-23,32H2,1-7H3. The number of benzene rings is 3. The van der Waals surface area contributed by atoms with Crippen molar-refractivity contribution in [1.82, 2.24) is 15.0 Å². The Morgan fingerprint density at radius 1 is 0.509 bits per heavy atom. The Morgan fingerprint density at radius 2 is 0.981 bits per heavy atom. The average molecular weight is 720 g/mol. The number of aromatic hydroxyl groups is 1. The van der Waals surface area contributed by atoms with Crippen molar-refractivity contribution in [3.63, 3.8) is 0 Å². The zero-order valence-electron chi connectivity index (χ0n) is 34.2. The summed E-state index contributed by atoms with van der Waals surface area (Å²) in [5.74, 6) is 5.06. The van der Waals surface area contributed by atoms with E-state index < -0.39 is 0 Å². The van der Waals surface area contributed by atoms with Gasteiger partial charge in [-0.05, 0) is 110 Å². The normalized spacial score (nSPS) is 11.7. The number of hydrogen-bond acceptors (Lipinski definition) is 5. The molecular formula is C48H69N3O2. The Kier molecular flexibility index (Phi) is 17.8. The van der Waals surface area contributed by atoms with Crippen molar-refractivity contribution in [2.24, 2.45) is 17.8 Å². The van der Waals surface area contributed by atoms with Gasteiger partial charge >= 0.3 is 0 Å². The fourth-order valence-corrected chi connectivity index (χ4v) is 6.99. The first kappa shape index (κ1) is 42.0. The van der Waals surface area contributed by atoms with Crippen LogP contribution in [0.2, 0.25) is 0 Å². The summed E-state index contributed by atoms with van der Waals surface area (Å²) in [5, 5.41) is 11.3. The number of ether oxygens (including phenoxy) is 1. The lowest BCUT2D eigenvalue weighted by molar-refractivity contribution is 0.303. The molecule has 0 saturated carbocycles. The SMILES string of the molecule is Cc1cc(CCCCCCC(C)C)ccc1-c1nc(-c2ccc(OCCCCCC(C)C)cc2)nc(-c2ccc(CCCCCCC(C)C)cc2O)n1. The third-order valence-electron chi connectivity index (χ3n) is 10.3. The summed E-state index contributed by atoms with van der Waals surface area (Å²) >= 11 is 0. The van der Waals surface area contributed by atoms with Crippen LogP contribution in [0.5, 0.6) is 11.5 Å². The van der Waals surface area contributed by atoms with Crippen LogP contribution in [0.4, 0.5) is 0 Å². The first-order chi connectivity index (χ1) is 25.6. The van der Waals surface area contributed by atoms with Crippen molar-refractivity contribution in [3.05, 3.63) is 77.4 Å². The summed E-state index contributed by atoms with van der Waals surface area (Å²) < 4.78 is 6.07. The molecule has 4 rings (SSSR count). The smallest absolute Gasteiger partial charge is 0.167 e. The van der Waals surface area contributed by atoms with E-state index in [0.717, 1.165) is 78.0 Å². The second-order valence-corrected chi connectivity index (χ2v) is 16.6. The Bertz CT molecular complexity index is 1560. The van der Waals surface area contributed by atoms with Crippen LogP contribution in [0, 0.1) is 24.7 Å². The van der Waals surface area contributed by atoms with Crippen molar-refractivity contribution >= 4 is 0 Å². The minimum absolute atomic E-state index is 0.211. The number of unbranched alkanes of at least 4 members (excludes halogenated alkanes) is 8. The van der Waals surface area contributed by atoms with Crippen molar-refractivity contribution < 1.29 is 9.84 Å². The van der Waals surface area contributed by atoms with E-state index in [1.165, 1.54) is 82.6 Å². The quantitative estimate of drug-likeness (QED) is 0.0730. The number of rotatable bonds is 24. The van der Waals surface area contributed by atoms with E-state index in [1.807, 2.05) is 36.4 Å². The molecule has 0 fully saturated rings. The molecule has 53 heavy (non-hydrogen) atoms. The van der Waals surface area contributed by atoms with E-state index in [-0.39, 0.29) is 5.75 Å². The molecule has 1 aromatic heterocycles. The zero-order valence-corrected chi connectivity index (χ0v) is 34.2. The molecule has 0 amide bonds. The largest absolute Gasteiger partial charge is 0.507 e. The summed E-state index contributed by atoms with van der Waals surface area (Å²) in [5.41, 5.74) is 6.15. The summed E-state index contributed by atoms with van der Waals surface area (Å²) in [6.07, 6.45) is 19.5. The second kappa shape index (κ2) is 22.5. The first-order valence-electron chi connectivity index (χ1n) is 21.0. The lowest BCUT2D eigenvalue weighted by atomic mass is 9.99. The second-order valence-electron chi connectivity index (χ2n) is 16.6. The van der Waals surface area contributed by atoms with Crippen LogP contribution in [0.3, 0.4) is 0 Å². The van der Waals surface area contributed by atoms with Crippen molar-refractivity contribution in [3.8, 4) is 45.7 Å². The van der Waals surface area contributed by atoms with E-state index in [2.05, 4.69) is 72.7 Å². The highest BCUT2D eigenvalue weighted by atomic mass is 16.5. The third kappa shape index (κ3) is 14.9. The molecule has 3 aromatic carbocycles. The third-order valence-corrected chi connectivity index (χ3v) is 10.3. The molecule has 0 bridgehead atoms. The van der Waals surface area contributed by atoms with Crippen LogP contribution in [0.25, 0.3) is 34.2 Å². The number of hydrogen-bond donors (Lipinski definition) is 1. The summed E-state index contributed by atoms with van der Waals surface area (Å²) in [7, 11) is 0. The molecule has 1 heterocycles. The minimum Gasteiger partial charge on any atom is -0.507 e.